The second-order valence-electron chi connectivity index (χ2n) is 5.56. The Morgan fingerprint density at radius 2 is 1.95 bits per heavy atom. The van der Waals surface area contributed by atoms with Gasteiger partial charge in [-0.25, -0.2) is 0 Å². The molecule has 0 saturated carbocycles. The fourth-order valence-corrected chi connectivity index (χ4v) is 2.34. The summed E-state index contributed by atoms with van der Waals surface area (Å²) in [5.41, 5.74) is 1.18. The zero-order chi connectivity index (χ0) is 15.2. The third-order valence-electron chi connectivity index (χ3n) is 3.49. The number of benzene rings is 1. The molecule has 2 rings (SSSR count). The fourth-order valence-electron chi connectivity index (χ4n) is 2.34. The summed E-state index contributed by atoms with van der Waals surface area (Å²) in [7, 11) is 2.01. The maximum Gasteiger partial charge on any atom is 0.229 e. The molecule has 1 N–H and O–H groups in total. The van der Waals surface area contributed by atoms with Gasteiger partial charge in [0.15, 0.2) is 5.82 Å². The molecule has 5 heteroatoms. The van der Waals surface area contributed by atoms with Crippen LogP contribution >= 0.6 is 0 Å². The van der Waals surface area contributed by atoms with Gasteiger partial charge in [0.2, 0.25) is 5.89 Å². The predicted molar refractivity (Wildman–Crippen MR) is 80.7 cm³/mol. The number of hydrogen-bond acceptors (Lipinski definition) is 5. The van der Waals surface area contributed by atoms with Crippen molar-refractivity contribution >= 4 is 0 Å². The van der Waals surface area contributed by atoms with Gasteiger partial charge in [-0.2, -0.15) is 4.98 Å². The molecule has 0 spiro atoms. The van der Waals surface area contributed by atoms with Crippen molar-refractivity contribution in [2.75, 3.05) is 13.7 Å². The largest absolute Gasteiger partial charge is 0.396 e. The summed E-state index contributed by atoms with van der Waals surface area (Å²) in [6.45, 7) is 4.79. The molecule has 114 valence electrons. The van der Waals surface area contributed by atoms with E-state index in [9.17, 15) is 5.11 Å². The second kappa shape index (κ2) is 7.33. The maximum absolute atomic E-state index is 9.31. The van der Waals surface area contributed by atoms with Gasteiger partial charge in [0, 0.05) is 18.6 Å². The van der Waals surface area contributed by atoms with Crippen molar-refractivity contribution < 1.29 is 9.63 Å². The minimum Gasteiger partial charge on any atom is -0.396 e. The molecule has 1 atom stereocenters. The van der Waals surface area contributed by atoms with Crippen LogP contribution in [-0.2, 0) is 6.54 Å². The van der Waals surface area contributed by atoms with Gasteiger partial charge in [0.25, 0.3) is 0 Å². The Morgan fingerprint density at radius 3 is 2.52 bits per heavy atom. The van der Waals surface area contributed by atoms with E-state index in [2.05, 4.69) is 27.2 Å². The van der Waals surface area contributed by atoms with Gasteiger partial charge >= 0.3 is 0 Å². The van der Waals surface area contributed by atoms with Crippen molar-refractivity contribution in [3.05, 3.63) is 47.6 Å². The molecule has 2 aromatic rings. The number of aliphatic hydroxyl groups excluding tert-OH is 1. The first-order valence-electron chi connectivity index (χ1n) is 7.30. The molecular formula is C16H23N3O2. The van der Waals surface area contributed by atoms with Gasteiger partial charge in [-0.1, -0.05) is 49.3 Å². The number of rotatable bonds is 7. The Hall–Kier alpha value is -1.72. The third kappa shape index (κ3) is 4.12. The van der Waals surface area contributed by atoms with Crippen LogP contribution in [0.3, 0.4) is 0 Å². The summed E-state index contributed by atoms with van der Waals surface area (Å²) in [6, 6.07) is 10.3. The lowest BCUT2D eigenvalue weighted by Gasteiger charge is -2.26. The number of aromatic nitrogens is 2. The van der Waals surface area contributed by atoms with E-state index in [0.717, 1.165) is 0 Å². The summed E-state index contributed by atoms with van der Waals surface area (Å²) in [5, 5.41) is 13.3. The lowest BCUT2D eigenvalue weighted by molar-refractivity contribution is 0.175. The van der Waals surface area contributed by atoms with Crippen molar-refractivity contribution in [2.45, 2.75) is 38.8 Å². The van der Waals surface area contributed by atoms with Crippen LogP contribution in [0.4, 0.5) is 0 Å². The van der Waals surface area contributed by atoms with Gasteiger partial charge < -0.3 is 9.63 Å². The number of hydrogen-bond donors (Lipinski definition) is 1. The summed E-state index contributed by atoms with van der Waals surface area (Å²) < 4.78 is 5.24. The van der Waals surface area contributed by atoms with E-state index in [1.165, 1.54) is 5.56 Å². The van der Waals surface area contributed by atoms with Crippen LogP contribution in [0.15, 0.2) is 34.9 Å². The highest BCUT2D eigenvalue weighted by atomic mass is 16.5. The molecule has 0 saturated heterocycles. The Labute approximate surface area is 125 Å². The molecule has 0 aliphatic carbocycles. The monoisotopic (exact) mass is 289 g/mol. The third-order valence-corrected chi connectivity index (χ3v) is 3.49. The van der Waals surface area contributed by atoms with Gasteiger partial charge in [-0.15, -0.1) is 0 Å². The van der Waals surface area contributed by atoms with E-state index in [0.29, 0.717) is 24.7 Å². The first-order chi connectivity index (χ1) is 10.1. The molecule has 0 aliphatic heterocycles. The maximum atomic E-state index is 9.31. The Kier molecular flexibility index (Phi) is 5.47. The van der Waals surface area contributed by atoms with Crippen LogP contribution in [0, 0.1) is 0 Å². The zero-order valence-corrected chi connectivity index (χ0v) is 12.9. The summed E-state index contributed by atoms with van der Waals surface area (Å²) in [4.78, 5) is 6.54. The first kappa shape index (κ1) is 15.7. The highest BCUT2D eigenvalue weighted by Crippen LogP contribution is 2.24. The SMILES string of the molecule is CC(C)c1nc(CN(C)C(CCO)c2ccccc2)no1. The molecule has 0 aliphatic rings. The van der Waals surface area contributed by atoms with Crippen LogP contribution in [0.1, 0.15) is 49.5 Å². The minimum atomic E-state index is 0.136. The van der Waals surface area contributed by atoms with Crippen molar-refractivity contribution in [3.63, 3.8) is 0 Å². The Bertz CT molecular complexity index is 539. The average molecular weight is 289 g/mol. The summed E-state index contributed by atoms with van der Waals surface area (Å²) in [6.07, 6.45) is 0.676. The van der Waals surface area contributed by atoms with E-state index < -0.39 is 0 Å². The average Bonchev–Trinajstić information content (AvgIpc) is 2.94. The molecule has 0 bridgehead atoms. The van der Waals surface area contributed by atoms with Gasteiger partial charge in [-0.3, -0.25) is 4.90 Å². The first-order valence-corrected chi connectivity index (χ1v) is 7.30. The normalized spacial score (nSPS) is 13.0. The van der Waals surface area contributed by atoms with E-state index in [4.69, 9.17) is 4.52 Å². The van der Waals surface area contributed by atoms with Crippen molar-refractivity contribution in [2.24, 2.45) is 0 Å². The van der Waals surface area contributed by atoms with Crippen LogP contribution in [0.2, 0.25) is 0 Å². The lowest BCUT2D eigenvalue weighted by Crippen LogP contribution is -2.25. The number of aliphatic hydroxyl groups is 1. The Morgan fingerprint density at radius 1 is 1.24 bits per heavy atom. The minimum absolute atomic E-state index is 0.136. The van der Waals surface area contributed by atoms with Crippen molar-refractivity contribution in [1.82, 2.24) is 15.0 Å². The molecule has 1 aromatic carbocycles. The molecule has 0 fully saturated rings. The number of nitrogens with zero attached hydrogens (tertiary/aromatic N) is 3. The molecular weight excluding hydrogens is 266 g/mol. The molecule has 1 aromatic heterocycles. The topological polar surface area (TPSA) is 62.4 Å². The highest BCUT2D eigenvalue weighted by Gasteiger charge is 2.19. The molecule has 0 amide bonds. The van der Waals surface area contributed by atoms with E-state index in [1.54, 1.807) is 0 Å². The molecule has 1 unspecified atom stereocenters. The highest BCUT2D eigenvalue weighted by molar-refractivity contribution is 5.19. The van der Waals surface area contributed by atoms with Crippen molar-refractivity contribution in [1.29, 1.82) is 0 Å². The summed E-state index contributed by atoms with van der Waals surface area (Å²) in [5.74, 6) is 1.58. The van der Waals surface area contributed by atoms with Crippen LogP contribution in [0.25, 0.3) is 0 Å². The zero-order valence-electron chi connectivity index (χ0n) is 12.9. The molecule has 5 nitrogen and oxygen atoms in total. The second-order valence-corrected chi connectivity index (χ2v) is 5.56. The van der Waals surface area contributed by atoms with Crippen LogP contribution in [0.5, 0.6) is 0 Å². The smallest absolute Gasteiger partial charge is 0.229 e. The Balaban J connectivity index is 2.09. The van der Waals surface area contributed by atoms with Crippen molar-refractivity contribution in [3.8, 4) is 0 Å². The van der Waals surface area contributed by atoms with E-state index in [1.807, 2.05) is 39.1 Å². The molecule has 1 heterocycles. The van der Waals surface area contributed by atoms with E-state index >= 15 is 0 Å². The fraction of sp³-hybridized carbons (Fsp3) is 0.500. The quantitative estimate of drug-likeness (QED) is 0.849. The van der Waals surface area contributed by atoms with E-state index in [-0.39, 0.29) is 18.6 Å². The van der Waals surface area contributed by atoms with Gasteiger partial charge in [0.05, 0.1) is 6.54 Å². The summed E-state index contributed by atoms with van der Waals surface area (Å²) >= 11 is 0. The van der Waals surface area contributed by atoms with Gasteiger partial charge in [-0.05, 0) is 19.0 Å². The van der Waals surface area contributed by atoms with Crippen LogP contribution < -0.4 is 0 Å². The van der Waals surface area contributed by atoms with Gasteiger partial charge in [0.1, 0.15) is 0 Å². The lowest BCUT2D eigenvalue weighted by atomic mass is 10.0. The molecule has 21 heavy (non-hydrogen) atoms. The standard InChI is InChI=1S/C16H23N3O2/c1-12(2)16-17-15(18-21-16)11-19(3)14(9-10-20)13-7-5-4-6-8-13/h4-8,12,14,20H,9-11H2,1-3H3. The predicted octanol–water partition coefficient (Wildman–Crippen LogP) is 2.75. The van der Waals surface area contributed by atoms with Crippen LogP contribution in [-0.4, -0.2) is 33.8 Å². The molecule has 0 radical (unpaired) electrons.